The Morgan fingerprint density at radius 2 is 2.42 bits per heavy atom. The number of aryl methyl sites for hydroxylation is 1. The van der Waals surface area contributed by atoms with Crippen LogP contribution in [0.15, 0.2) is 23.3 Å². The minimum absolute atomic E-state index is 0.740. The van der Waals surface area contributed by atoms with Crippen LogP contribution in [0.5, 0.6) is 0 Å². The number of aliphatic imine (C=N–C) groups is 1. The van der Waals surface area contributed by atoms with Crippen LogP contribution in [-0.4, -0.2) is 36.0 Å². The van der Waals surface area contributed by atoms with Gasteiger partial charge < -0.3 is 10.2 Å². The molecule has 1 saturated heterocycles. The van der Waals surface area contributed by atoms with Gasteiger partial charge in [-0.3, -0.25) is 9.98 Å². The molecule has 0 aromatic carbocycles. The average molecular weight is 260 g/mol. The van der Waals surface area contributed by atoms with Crippen molar-refractivity contribution in [3.05, 3.63) is 29.6 Å². The molecule has 0 amide bonds. The van der Waals surface area contributed by atoms with Gasteiger partial charge in [0.2, 0.25) is 0 Å². The number of hydrogen-bond acceptors (Lipinski definition) is 2. The smallest absolute Gasteiger partial charge is 0.193 e. The van der Waals surface area contributed by atoms with E-state index in [1.54, 1.807) is 0 Å². The van der Waals surface area contributed by atoms with Crippen molar-refractivity contribution in [3.8, 4) is 0 Å². The molecule has 19 heavy (non-hydrogen) atoms. The summed E-state index contributed by atoms with van der Waals surface area (Å²) in [5.41, 5.74) is 2.31. The van der Waals surface area contributed by atoms with Gasteiger partial charge in [0.1, 0.15) is 0 Å². The standard InChI is InChI=1S/C15H24N4/c1-12-6-5-9-19(11-12)15(16-3)18-10-14-13(2)7-4-8-17-14/h4,7-8,12H,5-6,9-11H2,1-3H3,(H,16,18). The molecule has 1 unspecified atom stereocenters. The molecule has 4 nitrogen and oxygen atoms in total. The van der Waals surface area contributed by atoms with Crippen molar-refractivity contribution in [2.75, 3.05) is 20.1 Å². The summed E-state index contributed by atoms with van der Waals surface area (Å²) in [6.07, 6.45) is 4.42. The zero-order chi connectivity index (χ0) is 13.7. The van der Waals surface area contributed by atoms with E-state index in [9.17, 15) is 0 Å². The van der Waals surface area contributed by atoms with Crippen LogP contribution >= 0.6 is 0 Å². The van der Waals surface area contributed by atoms with Gasteiger partial charge in [0.15, 0.2) is 5.96 Å². The first-order valence-corrected chi connectivity index (χ1v) is 7.06. The molecule has 2 heterocycles. The second-order valence-corrected chi connectivity index (χ2v) is 5.36. The molecule has 0 spiro atoms. The van der Waals surface area contributed by atoms with Crippen molar-refractivity contribution in [2.24, 2.45) is 10.9 Å². The van der Waals surface area contributed by atoms with Crippen LogP contribution in [0.3, 0.4) is 0 Å². The van der Waals surface area contributed by atoms with E-state index < -0.39 is 0 Å². The highest BCUT2D eigenvalue weighted by Crippen LogP contribution is 2.15. The Balaban J connectivity index is 1.95. The monoisotopic (exact) mass is 260 g/mol. The minimum Gasteiger partial charge on any atom is -0.351 e. The van der Waals surface area contributed by atoms with Crippen molar-refractivity contribution in [1.29, 1.82) is 0 Å². The van der Waals surface area contributed by atoms with Crippen molar-refractivity contribution < 1.29 is 0 Å². The number of pyridine rings is 1. The Bertz CT molecular complexity index is 442. The van der Waals surface area contributed by atoms with Gasteiger partial charge in [0, 0.05) is 26.3 Å². The zero-order valence-corrected chi connectivity index (χ0v) is 12.2. The Labute approximate surface area is 115 Å². The molecular formula is C15H24N4. The number of likely N-dealkylation sites (tertiary alicyclic amines) is 1. The molecule has 104 valence electrons. The van der Waals surface area contributed by atoms with Gasteiger partial charge in [-0.25, -0.2) is 0 Å². The van der Waals surface area contributed by atoms with E-state index in [-0.39, 0.29) is 0 Å². The molecule has 1 fully saturated rings. The normalized spacial score (nSPS) is 20.5. The van der Waals surface area contributed by atoms with Gasteiger partial charge in [-0.05, 0) is 37.3 Å². The Hall–Kier alpha value is -1.58. The first-order valence-electron chi connectivity index (χ1n) is 7.06. The number of guanidine groups is 1. The quantitative estimate of drug-likeness (QED) is 0.654. The van der Waals surface area contributed by atoms with Crippen molar-refractivity contribution in [1.82, 2.24) is 15.2 Å². The first-order chi connectivity index (χ1) is 9.20. The number of piperidine rings is 1. The molecule has 1 aliphatic heterocycles. The summed E-state index contributed by atoms with van der Waals surface area (Å²) < 4.78 is 0. The predicted molar refractivity (Wildman–Crippen MR) is 79.1 cm³/mol. The summed E-state index contributed by atoms with van der Waals surface area (Å²) in [6, 6.07) is 4.07. The minimum atomic E-state index is 0.740. The lowest BCUT2D eigenvalue weighted by molar-refractivity contribution is 0.266. The number of aromatic nitrogens is 1. The van der Waals surface area contributed by atoms with E-state index in [0.717, 1.165) is 37.2 Å². The Morgan fingerprint density at radius 1 is 1.58 bits per heavy atom. The Morgan fingerprint density at radius 3 is 3.11 bits per heavy atom. The number of nitrogens with one attached hydrogen (secondary N) is 1. The van der Waals surface area contributed by atoms with Gasteiger partial charge in [0.25, 0.3) is 0 Å². The highest BCUT2D eigenvalue weighted by molar-refractivity contribution is 5.79. The van der Waals surface area contributed by atoms with Crippen molar-refractivity contribution >= 4 is 5.96 Å². The largest absolute Gasteiger partial charge is 0.351 e. The lowest BCUT2D eigenvalue weighted by Crippen LogP contribution is -2.46. The van der Waals surface area contributed by atoms with E-state index in [1.807, 2.05) is 19.3 Å². The van der Waals surface area contributed by atoms with Gasteiger partial charge in [-0.15, -0.1) is 0 Å². The second kappa shape index (κ2) is 6.55. The van der Waals surface area contributed by atoms with Crippen molar-refractivity contribution in [3.63, 3.8) is 0 Å². The van der Waals surface area contributed by atoms with Gasteiger partial charge >= 0.3 is 0 Å². The summed E-state index contributed by atoms with van der Waals surface area (Å²) in [7, 11) is 1.85. The maximum Gasteiger partial charge on any atom is 0.193 e. The molecule has 1 aromatic heterocycles. The summed E-state index contributed by atoms with van der Waals surface area (Å²) in [5, 5.41) is 3.43. The lowest BCUT2D eigenvalue weighted by Gasteiger charge is -2.33. The Kier molecular flexibility index (Phi) is 4.77. The van der Waals surface area contributed by atoms with Gasteiger partial charge in [0.05, 0.1) is 12.2 Å². The first kappa shape index (κ1) is 13.8. The average Bonchev–Trinajstić information content (AvgIpc) is 2.41. The van der Waals surface area contributed by atoms with E-state index >= 15 is 0 Å². The van der Waals surface area contributed by atoms with Crippen LogP contribution in [0.25, 0.3) is 0 Å². The van der Waals surface area contributed by atoms with E-state index in [4.69, 9.17) is 0 Å². The second-order valence-electron chi connectivity index (χ2n) is 5.36. The summed E-state index contributed by atoms with van der Waals surface area (Å²) in [6.45, 7) is 7.34. The third-order valence-corrected chi connectivity index (χ3v) is 3.70. The van der Waals surface area contributed by atoms with Crippen LogP contribution in [0.1, 0.15) is 31.0 Å². The zero-order valence-electron chi connectivity index (χ0n) is 12.2. The topological polar surface area (TPSA) is 40.5 Å². The SMILES string of the molecule is CN=C(NCc1ncccc1C)N1CCCC(C)C1. The molecule has 0 radical (unpaired) electrons. The lowest BCUT2D eigenvalue weighted by atomic mass is 10.0. The van der Waals surface area contributed by atoms with Crippen LogP contribution in [0.2, 0.25) is 0 Å². The molecule has 0 saturated carbocycles. The molecule has 0 bridgehead atoms. The maximum absolute atomic E-state index is 4.41. The molecule has 1 aliphatic rings. The van der Waals surface area contributed by atoms with Crippen LogP contribution in [0, 0.1) is 12.8 Å². The highest BCUT2D eigenvalue weighted by atomic mass is 15.3. The fourth-order valence-corrected chi connectivity index (χ4v) is 2.58. The molecule has 4 heteroatoms. The summed E-state index contributed by atoms with van der Waals surface area (Å²) >= 11 is 0. The fourth-order valence-electron chi connectivity index (χ4n) is 2.58. The van der Waals surface area contributed by atoms with Crippen LogP contribution < -0.4 is 5.32 Å². The maximum atomic E-state index is 4.41. The number of rotatable bonds is 2. The highest BCUT2D eigenvalue weighted by Gasteiger charge is 2.19. The van der Waals surface area contributed by atoms with Crippen molar-refractivity contribution in [2.45, 2.75) is 33.2 Å². The number of hydrogen-bond donors (Lipinski definition) is 1. The molecule has 1 N–H and O–H groups in total. The van der Waals surface area contributed by atoms with E-state index in [0.29, 0.717) is 0 Å². The van der Waals surface area contributed by atoms with E-state index in [2.05, 4.69) is 40.1 Å². The van der Waals surface area contributed by atoms with Gasteiger partial charge in [-0.2, -0.15) is 0 Å². The van der Waals surface area contributed by atoms with Crippen LogP contribution in [-0.2, 0) is 6.54 Å². The summed E-state index contributed by atoms with van der Waals surface area (Å²) in [4.78, 5) is 11.2. The number of nitrogens with zero attached hydrogens (tertiary/aromatic N) is 3. The third-order valence-electron chi connectivity index (χ3n) is 3.70. The molecule has 0 aliphatic carbocycles. The molecule has 1 atom stereocenters. The summed E-state index contributed by atoms with van der Waals surface area (Å²) in [5.74, 6) is 1.75. The molecule has 2 rings (SSSR count). The fraction of sp³-hybridized carbons (Fsp3) is 0.600. The van der Waals surface area contributed by atoms with E-state index in [1.165, 1.54) is 18.4 Å². The third kappa shape index (κ3) is 3.69. The molecular weight excluding hydrogens is 236 g/mol. The van der Waals surface area contributed by atoms with Gasteiger partial charge in [-0.1, -0.05) is 13.0 Å². The van der Waals surface area contributed by atoms with Crippen LogP contribution in [0.4, 0.5) is 0 Å². The predicted octanol–water partition coefficient (Wildman–Crippen LogP) is 2.20. The molecule has 1 aromatic rings.